The summed E-state index contributed by atoms with van der Waals surface area (Å²) in [5.41, 5.74) is 0.762. The topological polar surface area (TPSA) is 115 Å². The van der Waals surface area contributed by atoms with Crippen LogP contribution in [0.2, 0.25) is 0 Å². The second-order valence-electron chi connectivity index (χ2n) is 6.95. The summed E-state index contributed by atoms with van der Waals surface area (Å²) >= 11 is 2.15. The van der Waals surface area contributed by atoms with Crippen LogP contribution >= 0.6 is 46.6 Å². The monoisotopic (exact) mass is 673 g/mol. The lowest BCUT2D eigenvalue weighted by molar-refractivity contribution is -0.648. The predicted octanol–water partition coefficient (Wildman–Crippen LogP) is -0.960. The van der Waals surface area contributed by atoms with E-state index in [1.807, 2.05) is 4.93 Å². The van der Waals surface area contributed by atoms with Crippen LogP contribution in [0.4, 0.5) is 0 Å². The van der Waals surface area contributed by atoms with Crippen molar-refractivity contribution in [2.24, 2.45) is 49.3 Å². The van der Waals surface area contributed by atoms with Gasteiger partial charge in [-0.2, -0.15) is 0 Å². The number of rotatable bonds is 0. The fourth-order valence-corrected chi connectivity index (χ4v) is 3.37. The van der Waals surface area contributed by atoms with Gasteiger partial charge in [0.2, 0.25) is 5.52 Å². The molecular formula is C18H27I2N8O4+. The second kappa shape index (κ2) is 10.6. The Morgan fingerprint density at radius 3 is 1.75 bits per heavy atom. The largest absolute Gasteiger partial charge is 0.388 e. The highest BCUT2D eigenvalue weighted by Gasteiger charge is 2.20. The molecule has 4 rings (SSSR count). The van der Waals surface area contributed by atoms with Crippen LogP contribution in [0.25, 0.3) is 22.3 Å². The molecule has 0 amide bonds. The maximum absolute atomic E-state index is 11.9. The van der Waals surface area contributed by atoms with Crippen molar-refractivity contribution in [3.05, 3.63) is 54.3 Å². The SMILES string of the molecule is CI.Cn1c(=O)c2c(n(C)c1=O)[n+](C)cn2C.Cn1c(=O)c2c(ncn2C)n(C)c1=O.I. The first-order chi connectivity index (χ1) is 14.5. The van der Waals surface area contributed by atoms with Crippen LogP contribution < -0.4 is 27.1 Å². The van der Waals surface area contributed by atoms with Crippen molar-refractivity contribution in [1.82, 2.24) is 32.4 Å². The van der Waals surface area contributed by atoms with Gasteiger partial charge in [-0.15, -0.1) is 24.0 Å². The summed E-state index contributed by atoms with van der Waals surface area (Å²) in [5, 5.41) is 0. The zero-order valence-electron chi connectivity index (χ0n) is 19.2. The molecule has 32 heavy (non-hydrogen) atoms. The minimum absolute atomic E-state index is 0. The van der Waals surface area contributed by atoms with Gasteiger partial charge in [0.25, 0.3) is 11.2 Å². The van der Waals surface area contributed by atoms with E-state index in [2.05, 4.69) is 27.6 Å². The number of aryl methyl sites for hydroxylation is 5. The Morgan fingerprint density at radius 2 is 1.22 bits per heavy atom. The van der Waals surface area contributed by atoms with Gasteiger partial charge in [-0.05, 0) is 4.93 Å². The fourth-order valence-electron chi connectivity index (χ4n) is 3.37. The summed E-state index contributed by atoms with van der Waals surface area (Å²) in [6.45, 7) is 0. The lowest BCUT2D eigenvalue weighted by atomic mass is 10.5. The van der Waals surface area contributed by atoms with Gasteiger partial charge in [0, 0.05) is 28.2 Å². The summed E-state index contributed by atoms with van der Waals surface area (Å²) in [4.78, 5) is 52.6. The van der Waals surface area contributed by atoms with Crippen molar-refractivity contribution in [2.45, 2.75) is 0 Å². The van der Waals surface area contributed by atoms with Crippen molar-refractivity contribution >= 4 is 68.9 Å². The van der Waals surface area contributed by atoms with E-state index in [1.54, 1.807) is 55.3 Å². The summed E-state index contributed by atoms with van der Waals surface area (Å²) in [6, 6.07) is 0. The van der Waals surface area contributed by atoms with Gasteiger partial charge >= 0.3 is 16.9 Å². The molecule has 14 heteroatoms. The Balaban J connectivity index is 0.000000289. The van der Waals surface area contributed by atoms with E-state index < -0.39 is 0 Å². The van der Waals surface area contributed by atoms with Crippen molar-refractivity contribution in [3.8, 4) is 0 Å². The van der Waals surface area contributed by atoms with Crippen LogP contribution in [0.15, 0.2) is 31.8 Å². The standard InChI is InChI=1S/C9H13N4O2.C8H10N4O2.CH3I.HI/c1-10-5-11(2)7-6(10)8(14)13(4)9(15)12(7)3;1-10-4-9-6-5(10)7(13)12(3)8(14)11(6)2;1-2;/h5H,1-4H3;4H,1-3H3;1H3;1H/q+1;;;. The molecule has 0 radical (unpaired) electrons. The normalized spacial score (nSPS) is 10.3. The fraction of sp³-hybridized carbons (Fsp3) is 0.444. The molecule has 4 aromatic heterocycles. The van der Waals surface area contributed by atoms with Crippen LogP contribution in [0.3, 0.4) is 0 Å². The number of alkyl halides is 1. The van der Waals surface area contributed by atoms with Crippen LogP contribution in [0, 0.1) is 0 Å². The number of imidazole rings is 2. The maximum Gasteiger partial charge on any atom is 0.388 e. The zero-order valence-corrected chi connectivity index (χ0v) is 23.6. The Labute approximate surface area is 213 Å². The van der Waals surface area contributed by atoms with Crippen LogP contribution in [-0.4, -0.2) is 37.3 Å². The molecule has 0 saturated heterocycles. The molecular weight excluding hydrogens is 646 g/mol. The van der Waals surface area contributed by atoms with Crippen LogP contribution in [0.5, 0.6) is 0 Å². The Hall–Kier alpha value is -2.24. The number of hydrogen-bond donors (Lipinski definition) is 0. The molecule has 0 aliphatic heterocycles. The van der Waals surface area contributed by atoms with Gasteiger partial charge in [0.05, 0.1) is 27.5 Å². The second-order valence-corrected chi connectivity index (χ2v) is 6.95. The molecule has 176 valence electrons. The molecule has 4 heterocycles. The van der Waals surface area contributed by atoms with Crippen molar-refractivity contribution in [3.63, 3.8) is 0 Å². The van der Waals surface area contributed by atoms with Crippen LogP contribution in [0.1, 0.15) is 0 Å². The molecule has 0 unspecified atom stereocenters. The highest BCUT2D eigenvalue weighted by molar-refractivity contribution is 14.1. The summed E-state index contributed by atoms with van der Waals surface area (Å²) in [7, 11) is 11.5. The van der Waals surface area contributed by atoms with Crippen LogP contribution in [-0.2, 0) is 49.3 Å². The number of halogens is 2. The van der Waals surface area contributed by atoms with Gasteiger partial charge in [-0.3, -0.25) is 23.3 Å². The molecule has 0 fully saturated rings. The third-order valence-electron chi connectivity index (χ3n) is 4.96. The third kappa shape index (κ3) is 4.46. The molecule has 0 bridgehead atoms. The van der Waals surface area contributed by atoms with E-state index in [-0.39, 0.29) is 46.5 Å². The maximum atomic E-state index is 11.9. The van der Waals surface area contributed by atoms with E-state index in [9.17, 15) is 19.2 Å². The minimum atomic E-state index is -0.360. The van der Waals surface area contributed by atoms with E-state index in [0.29, 0.717) is 22.3 Å². The Kier molecular flexibility index (Phi) is 9.19. The number of hydrogen-bond acceptors (Lipinski definition) is 5. The average Bonchev–Trinajstić information content (AvgIpc) is 3.28. The number of fused-ring (bicyclic) bond motifs is 2. The van der Waals surface area contributed by atoms with Gasteiger partial charge in [-0.25, -0.2) is 28.3 Å². The zero-order chi connectivity index (χ0) is 23.8. The number of nitrogens with zero attached hydrogens (tertiary/aromatic N) is 8. The van der Waals surface area contributed by atoms with Gasteiger partial charge in [0.15, 0.2) is 17.5 Å². The highest BCUT2D eigenvalue weighted by Crippen LogP contribution is 2.02. The summed E-state index contributed by atoms with van der Waals surface area (Å²) in [6.07, 6.45) is 3.29. The van der Waals surface area contributed by atoms with Crippen molar-refractivity contribution in [2.75, 3.05) is 4.93 Å². The molecule has 4 aromatic rings. The molecule has 0 aromatic carbocycles. The molecule has 0 saturated carbocycles. The molecule has 12 nitrogen and oxygen atoms in total. The van der Waals surface area contributed by atoms with Crippen molar-refractivity contribution < 1.29 is 4.57 Å². The van der Waals surface area contributed by atoms with E-state index in [0.717, 1.165) is 9.13 Å². The van der Waals surface area contributed by atoms with E-state index in [1.165, 1.54) is 29.6 Å². The van der Waals surface area contributed by atoms with Gasteiger partial charge in [-0.1, -0.05) is 22.6 Å². The first kappa shape index (κ1) is 27.8. The van der Waals surface area contributed by atoms with Gasteiger partial charge < -0.3 is 4.57 Å². The van der Waals surface area contributed by atoms with Crippen molar-refractivity contribution in [1.29, 1.82) is 0 Å². The third-order valence-corrected chi connectivity index (χ3v) is 4.96. The summed E-state index contributed by atoms with van der Waals surface area (Å²) < 4.78 is 10.1. The van der Waals surface area contributed by atoms with Gasteiger partial charge in [0.1, 0.15) is 0 Å². The molecule has 0 atom stereocenters. The van der Waals surface area contributed by atoms with E-state index in [4.69, 9.17) is 0 Å². The molecule has 0 N–H and O–H groups in total. The minimum Gasteiger partial charge on any atom is -0.328 e. The Morgan fingerprint density at radius 1 is 0.750 bits per heavy atom. The molecule has 0 aliphatic rings. The lowest BCUT2D eigenvalue weighted by Crippen LogP contribution is -2.41. The lowest BCUT2D eigenvalue weighted by Gasteiger charge is -2.02. The highest BCUT2D eigenvalue weighted by atomic mass is 127. The first-order valence-electron chi connectivity index (χ1n) is 9.04. The smallest absolute Gasteiger partial charge is 0.328 e. The van der Waals surface area contributed by atoms with E-state index >= 15 is 0 Å². The quantitative estimate of drug-likeness (QED) is 0.136. The average molecular weight is 673 g/mol. The number of aromatic nitrogens is 8. The molecule has 0 spiro atoms. The first-order valence-corrected chi connectivity index (χ1v) is 11.2. The summed E-state index contributed by atoms with van der Waals surface area (Å²) in [5.74, 6) is 0. The Bertz CT molecular complexity index is 1520. The predicted molar refractivity (Wildman–Crippen MR) is 141 cm³/mol. The molecule has 0 aliphatic carbocycles.